The van der Waals surface area contributed by atoms with E-state index >= 15 is 0 Å². The SMILES string of the molecule is CCOC(=O)C1=C(C)N=c2s/c(=C/c3cc(I)c(OCc4ccc(Cl)c(Cl)c4)c(I)c3)c(=O)n2[C@@H]1c1ccc(OCC(=O)OC)c(OCC)c1. The fourth-order valence-electron chi connectivity index (χ4n) is 5.12. The van der Waals surface area contributed by atoms with Gasteiger partial charge in [0.2, 0.25) is 0 Å². The maximum absolute atomic E-state index is 14.2. The molecule has 3 aromatic carbocycles. The van der Waals surface area contributed by atoms with E-state index in [0.29, 0.717) is 61.1 Å². The molecule has 4 aromatic rings. The number of allylic oxidation sites excluding steroid dienone is 1. The summed E-state index contributed by atoms with van der Waals surface area (Å²) in [6.45, 7) is 5.66. The van der Waals surface area contributed by atoms with Crippen LogP contribution in [-0.2, 0) is 25.7 Å². The summed E-state index contributed by atoms with van der Waals surface area (Å²) in [4.78, 5) is 44.4. The van der Waals surface area contributed by atoms with Crippen LogP contribution in [0.15, 0.2) is 69.6 Å². The van der Waals surface area contributed by atoms with Crippen LogP contribution in [-0.4, -0.2) is 43.4 Å². The Morgan fingerprint density at radius 1 is 0.960 bits per heavy atom. The summed E-state index contributed by atoms with van der Waals surface area (Å²) in [7, 11) is 1.27. The number of nitrogens with zero attached hydrogens (tertiary/aromatic N) is 2. The van der Waals surface area contributed by atoms with E-state index in [2.05, 4.69) is 54.9 Å². The Bertz CT molecular complexity index is 2160. The molecule has 5 rings (SSSR count). The van der Waals surface area contributed by atoms with Crippen LogP contribution in [0.5, 0.6) is 17.2 Å². The highest BCUT2D eigenvalue weighted by molar-refractivity contribution is 14.1. The number of halogens is 4. The summed E-state index contributed by atoms with van der Waals surface area (Å²) in [6, 6.07) is 13.4. The molecule has 2 heterocycles. The highest BCUT2D eigenvalue weighted by Crippen LogP contribution is 2.37. The zero-order chi connectivity index (χ0) is 36.1. The molecule has 10 nitrogen and oxygen atoms in total. The molecule has 0 unspecified atom stereocenters. The standard InChI is InChI=1S/C35H30Cl2I2N2O8S/c1-5-46-27-15-21(8-10-26(27)48-17-29(42)45-4)31-30(34(44)47-6-2)18(3)40-35-41(31)33(43)28(50-35)14-20-12-24(38)32(25(39)13-20)49-16-19-7-9-22(36)23(37)11-19/h7-15,31H,5-6,16-17H2,1-4H3/b28-14+/t31-/m1/s1. The topological polar surface area (TPSA) is 115 Å². The van der Waals surface area contributed by atoms with E-state index < -0.39 is 18.0 Å². The number of ether oxygens (including phenoxy) is 5. The Morgan fingerprint density at radius 2 is 1.70 bits per heavy atom. The van der Waals surface area contributed by atoms with Gasteiger partial charge in [0.25, 0.3) is 5.56 Å². The van der Waals surface area contributed by atoms with Crippen molar-refractivity contribution in [1.82, 2.24) is 4.57 Å². The lowest BCUT2D eigenvalue weighted by Gasteiger charge is -2.25. The molecule has 0 radical (unpaired) electrons. The van der Waals surface area contributed by atoms with Gasteiger partial charge < -0.3 is 23.7 Å². The molecule has 1 atom stereocenters. The highest BCUT2D eigenvalue weighted by Gasteiger charge is 2.34. The van der Waals surface area contributed by atoms with Gasteiger partial charge in [-0.15, -0.1) is 0 Å². The molecule has 0 aliphatic carbocycles. The van der Waals surface area contributed by atoms with Gasteiger partial charge in [-0.05, 0) is 125 Å². The second-order valence-corrected chi connectivity index (χ2v) is 14.8. The number of hydrogen-bond donors (Lipinski definition) is 0. The minimum absolute atomic E-state index is 0.141. The lowest BCUT2D eigenvalue weighted by molar-refractivity contribution is -0.143. The van der Waals surface area contributed by atoms with Crippen LogP contribution < -0.4 is 29.1 Å². The zero-order valence-corrected chi connectivity index (χ0v) is 33.8. The Kier molecular flexibility index (Phi) is 12.9. The van der Waals surface area contributed by atoms with Crippen molar-refractivity contribution in [2.45, 2.75) is 33.4 Å². The molecule has 0 fully saturated rings. The summed E-state index contributed by atoms with van der Waals surface area (Å²) in [5, 5.41) is 0.931. The molecule has 1 aliphatic heterocycles. The zero-order valence-electron chi connectivity index (χ0n) is 27.2. The summed E-state index contributed by atoms with van der Waals surface area (Å²) in [5.74, 6) is 0.203. The number of benzene rings is 3. The Morgan fingerprint density at radius 3 is 2.36 bits per heavy atom. The number of methoxy groups -OCH3 is 1. The van der Waals surface area contributed by atoms with Crippen LogP contribution in [0, 0.1) is 7.14 Å². The maximum atomic E-state index is 14.2. The van der Waals surface area contributed by atoms with E-state index in [1.54, 1.807) is 50.3 Å². The van der Waals surface area contributed by atoms with Crippen LogP contribution in [0.25, 0.3) is 6.08 Å². The second-order valence-electron chi connectivity index (χ2n) is 10.7. The highest BCUT2D eigenvalue weighted by atomic mass is 127. The molecule has 1 aliphatic rings. The third kappa shape index (κ3) is 8.49. The molecular formula is C35H30Cl2I2N2O8S. The van der Waals surface area contributed by atoms with Gasteiger partial charge in [-0.3, -0.25) is 9.36 Å². The largest absolute Gasteiger partial charge is 0.490 e. The molecule has 0 saturated carbocycles. The molecular weight excluding hydrogens is 933 g/mol. The van der Waals surface area contributed by atoms with Crippen LogP contribution >= 0.6 is 79.7 Å². The maximum Gasteiger partial charge on any atom is 0.343 e. The van der Waals surface area contributed by atoms with E-state index in [9.17, 15) is 14.4 Å². The Labute approximate surface area is 328 Å². The molecule has 50 heavy (non-hydrogen) atoms. The summed E-state index contributed by atoms with van der Waals surface area (Å²) >= 11 is 17.9. The third-order valence-electron chi connectivity index (χ3n) is 7.36. The first kappa shape index (κ1) is 38.1. The van der Waals surface area contributed by atoms with Gasteiger partial charge in [-0.2, -0.15) is 0 Å². The van der Waals surface area contributed by atoms with Gasteiger partial charge >= 0.3 is 11.9 Å². The smallest absolute Gasteiger partial charge is 0.343 e. The number of carbonyl (C=O) groups is 2. The average Bonchev–Trinajstić information content (AvgIpc) is 3.38. The van der Waals surface area contributed by atoms with Gasteiger partial charge in [-0.25, -0.2) is 14.6 Å². The van der Waals surface area contributed by atoms with Gasteiger partial charge in [0, 0.05) is 0 Å². The molecule has 0 N–H and O–H groups in total. The predicted molar refractivity (Wildman–Crippen MR) is 208 cm³/mol. The molecule has 0 amide bonds. The van der Waals surface area contributed by atoms with Crippen molar-refractivity contribution in [3.05, 3.63) is 113 Å². The van der Waals surface area contributed by atoms with Gasteiger partial charge in [0.1, 0.15) is 12.4 Å². The third-order valence-corrected chi connectivity index (χ3v) is 10.7. The predicted octanol–water partition coefficient (Wildman–Crippen LogP) is 6.84. The number of thiazole rings is 1. The van der Waals surface area contributed by atoms with E-state index in [1.807, 2.05) is 25.1 Å². The van der Waals surface area contributed by atoms with Gasteiger partial charge in [-0.1, -0.05) is 46.7 Å². The van der Waals surface area contributed by atoms with Crippen molar-refractivity contribution in [1.29, 1.82) is 0 Å². The lowest BCUT2D eigenvalue weighted by atomic mass is 9.95. The minimum atomic E-state index is -0.876. The van der Waals surface area contributed by atoms with E-state index in [0.717, 1.165) is 18.3 Å². The van der Waals surface area contributed by atoms with Crippen LogP contribution in [0.1, 0.15) is 43.5 Å². The fourth-order valence-corrected chi connectivity index (χ4v) is 8.62. The van der Waals surface area contributed by atoms with Crippen molar-refractivity contribution in [3.63, 3.8) is 0 Å². The normalized spacial score (nSPS) is 14.2. The molecule has 0 saturated heterocycles. The molecule has 0 spiro atoms. The summed E-state index contributed by atoms with van der Waals surface area (Å²) in [5.41, 5.74) is 2.55. The number of carbonyl (C=O) groups excluding carboxylic acids is 2. The van der Waals surface area contributed by atoms with Crippen molar-refractivity contribution in [2.75, 3.05) is 26.9 Å². The van der Waals surface area contributed by atoms with E-state index in [1.165, 1.54) is 23.0 Å². The first-order valence-corrected chi connectivity index (χ1v) is 18.9. The molecule has 0 bridgehead atoms. The Hall–Kier alpha value is -3.12. The van der Waals surface area contributed by atoms with Gasteiger partial charge in [0.05, 0.1) is 59.4 Å². The molecule has 15 heteroatoms. The number of rotatable bonds is 12. The van der Waals surface area contributed by atoms with Crippen molar-refractivity contribution < 1.29 is 33.3 Å². The molecule has 262 valence electrons. The minimum Gasteiger partial charge on any atom is -0.490 e. The number of fused-ring (bicyclic) bond motifs is 1. The van der Waals surface area contributed by atoms with Crippen molar-refractivity contribution >= 4 is 97.7 Å². The van der Waals surface area contributed by atoms with Crippen molar-refractivity contribution in [2.24, 2.45) is 4.99 Å². The monoisotopic (exact) mass is 962 g/mol. The first-order valence-electron chi connectivity index (χ1n) is 15.2. The average molecular weight is 963 g/mol. The second kappa shape index (κ2) is 16.9. The lowest BCUT2D eigenvalue weighted by Crippen LogP contribution is -2.40. The quantitative estimate of drug-likeness (QED) is 0.112. The van der Waals surface area contributed by atoms with E-state index in [4.69, 9.17) is 42.1 Å². The van der Waals surface area contributed by atoms with Gasteiger partial charge in [0.15, 0.2) is 22.9 Å². The molecule has 1 aromatic heterocycles. The fraction of sp³-hybridized carbons (Fsp3) is 0.257. The van der Waals surface area contributed by atoms with Crippen LogP contribution in [0.3, 0.4) is 0 Å². The summed E-state index contributed by atoms with van der Waals surface area (Å²) in [6.07, 6.45) is 1.80. The van der Waals surface area contributed by atoms with E-state index in [-0.39, 0.29) is 24.3 Å². The van der Waals surface area contributed by atoms with Crippen molar-refractivity contribution in [3.8, 4) is 17.2 Å². The Balaban J connectivity index is 1.56. The number of hydrogen-bond acceptors (Lipinski definition) is 10. The van der Waals surface area contributed by atoms with Crippen LogP contribution in [0.2, 0.25) is 10.0 Å². The van der Waals surface area contributed by atoms with Crippen LogP contribution in [0.4, 0.5) is 0 Å². The number of esters is 2. The number of aromatic nitrogens is 1. The first-order chi connectivity index (χ1) is 23.9. The summed E-state index contributed by atoms with van der Waals surface area (Å²) < 4.78 is 31.4.